The molecule has 0 aliphatic carbocycles. The molecule has 3 rings (SSSR count). The third kappa shape index (κ3) is 2.01. The van der Waals surface area contributed by atoms with Crippen molar-refractivity contribution in [2.75, 3.05) is 18.4 Å². The van der Waals surface area contributed by atoms with E-state index in [0.29, 0.717) is 11.7 Å². The lowest BCUT2D eigenvalue weighted by molar-refractivity contribution is 0.479. The van der Waals surface area contributed by atoms with Gasteiger partial charge in [-0.3, -0.25) is 0 Å². The molecule has 1 unspecified atom stereocenters. The Hall–Kier alpha value is -1.89. The van der Waals surface area contributed by atoms with Gasteiger partial charge in [-0.1, -0.05) is 0 Å². The molecule has 0 bridgehead atoms. The highest BCUT2D eigenvalue weighted by Crippen LogP contribution is 2.10. The van der Waals surface area contributed by atoms with E-state index in [9.17, 15) is 4.79 Å². The quantitative estimate of drug-likeness (QED) is 0.657. The summed E-state index contributed by atoms with van der Waals surface area (Å²) in [5.41, 5.74) is 0.314. The highest BCUT2D eigenvalue weighted by atomic mass is 16.1. The van der Waals surface area contributed by atoms with Crippen LogP contribution in [0.25, 0.3) is 5.65 Å². The second-order valence-corrected chi connectivity index (χ2v) is 4.22. The molecule has 0 amide bonds. The fraction of sp³-hybridized carbons (Fsp3) is 0.500. The summed E-state index contributed by atoms with van der Waals surface area (Å²) in [4.78, 5) is 15.5. The van der Waals surface area contributed by atoms with Gasteiger partial charge >= 0.3 is 5.69 Å². The second kappa shape index (κ2) is 4.17. The molecule has 1 aliphatic heterocycles. The van der Waals surface area contributed by atoms with Gasteiger partial charge in [0, 0.05) is 18.7 Å². The lowest BCUT2D eigenvalue weighted by Crippen LogP contribution is -2.38. The van der Waals surface area contributed by atoms with Crippen molar-refractivity contribution < 1.29 is 0 Å². The molecule has 0 radical (unpaired) electrons. The van der Waals surface area contributed by atoms with Gasteiger partial charge in [0.25, 0.3) is 0 Å². The summed E-state index contributed by atoms with van der Waals surface area (Å²) in [6, 6.07) is 2.16. The van der Waals surface area contributed by atoms with Crippen molar-refractivity contribution in [3.8, 4) is 0 Å². The predicted molar refractivity (Wildman–Crippen MR) is 63.1 cm³/mol. The van der Waals surface area contributed by atoms with Crippen molar-refractivity contribution in [2.24, 2.45) is 0 Å². The third-order valence-electron chi connectivity index (χ3n) is 2.96. The van der Waals surface area contributed by atoms with Crippen LogP contribution in [0.4, 0.5) is 5.82 Å². The van der Waals surface area contributed by atoms with Crippen molar-refractivity contribution in [1.82, 2.24) is 24.9 Å². The first kappa shape index (κ1) is 10.3. The molecule has 0 saturated carbocycles. The Labute approximate surface area is 97.3 Å². The van der Waals surface area contributed by atoms with E-state index in [1.807, 2.05) is 0 Å². The van der Waals surface area contributed by atoms with E-state index in [4.69, 9.17) is 0 Å². The van der Waals surface area contributed by atoms with Gasteiger partial charge in [0.05, 0.1) is 0 Å². The SMILES string of the molecule is O=c1[nH]nc2cc(NC3CCCNC3)ncn12. The van der Waals surface area contributed by atoms with Crippen molar-refractivity contribution in [2.45, 2.75) is 18.9 Å². The van der Waals surface area contributed by atoms with Crippen molar-refractivity contribution in [3.05, 3.63) is 22.9 Å². The number of hydrogen-bond donors (Lipinski definition) is 3. The van der Waals surface area contributed by atoms with Crippen LogP contribution >= 0.6 is 0 Å². The van der Waals surface area contributed by atoms with E-state index in [-0.39, 0.29) is 5.69 Å². The minimum atomic E-state index is -0.265. The fourth-order valence-electron chi connectivity index (χ4n) is 2.07. The number of piperidine rings is 1. The first-order valence-electron chi connectivity index (χ1n) is 5.73. The molecule has 90 valence electrons. The number of rotatable bonds is 2. The number of hydrogen-bond acceptors (Lipinski definition) is 5. The van der Waals surface area contributed by atoms with Gasteiger partial charge in [0.1, 0.15) is 12.1 Å². The zero-order valence-electron chi connectivity index (χ0n) is 9.31. The first-order chi connectivity index (χ1) is 8.33. The Balaban J connectivity index is 1.82. The fourth-order valence-corrected chi connectivity index (χ4v) is 2.07. The van der Waals surface area contributed by atoms with Gasteiger partial charge in [-0.15, -0.1) is 0 Å². The molecule has 1 fully saturated rings. The first-order valence-corrected chi connectivity index (χ1v) is 5.73. The van der Waals surface area contributed by atoms with Crippen LogP contribution in [0, 0.1) is 0 Å². The van der Waals surface area contributed by atoms with E-state index in [2.05, 4.69) is 25.8 Å². The van der Waals surface area contributed by atoms with Gasteiger partial charge in [-0.05, 0) is 19.4 Å². The minimum Gasteiger partial charge on any atom is -0.366 e. The van der Waals surface area contributed by atoms with Crippen LogP contribution in [0.15, 0.2) is 17.2 Å². The zero-order chi connectivity index (χ0) is 11.7. The number of nitrogens with zero attached hydrogens (tertiary/aromatic N) is 3. The number of H-pyrrole nitrogens is 1. The molecule has 0 spiro atoms. The van der Waals surface area contributed by atoms with Crippen LogP contribution in [-0.4, -0.2) is 38.7 Å². The summed E-state index contributed by atoms with van der Waals surface area (Å²) < 4.78 is 1.38. The van der Waals surface area contributed by atoms with Gasteiger partial charge in [0.15, 0.2) is 5.65 Å². The average molecular weight is 234 g/mol. The van der Waals surface area contributed by atoms with Crippen LogP contribution in [-0.2, 0) is 0 Å². The van der Waals surface area contributed by atoms with E-state index in [0.717, 1.165) is 25.3 Å². The van der Waals surface area contributed by atoms with Crippen molar-refractivity contribution in [3.63, 3.8) is 0 Å². The lowest BCUT2D eigenvalue weighted by atomic mass is 10.1. The summed E-state index contributed by atoms with van der Waals surface area (Å²) in [5, 5.41) is 13.0. The Kier molecular flexibility index (Phi) is 2.52. The highest BCUT2D eigenvalue weighted by Gasteiger charge is 2.13. The van der Waals surface area contributed by atoms with Gasteiger partial charge in [-0.25, -0.2) is 19.3 Å². The van der Waals surface area contributed by atoms with Crippen LogP contribution in [0.3, 0.4) is 0 Å². The molecule has 1 aliphatic rings. The molecule has 7 heteroatoms. The molecule has 7 nitrogen and oxygen atoms in total. The lowest BCUT2D eigenvalue weighted by Gasteiger charge is -2.24. The topological polar surface area (TPSA) is 87.1 Å². The molecule has 3 N–H and O–H groups in total. The second-order valence-electron chi connectivity index (χ2n) is 4.22. The summed E-state index contributed by atoms with van der Waals surface area (Å²) in [7, 11) is 0. The Morgan fingerprint density at radius 1 is 1.53 bits per heavy atom. The number of anilines is 1. The van der Waals surface area contributed by atoms with Crippen LogP contribution in [0.1, 0.15) is 12.8 Å². The highest BCUT2D eigenvalue weighted by molar-refractivity contribution is 5.48. The molecular formula is C10H14N6O. The largest absolute Gasteiger partial charge is 0.366 e. The molecule has 0 aromatic carbocycles. The molecule has 2 aromatic rings. The third-order valence-corrected chi connectivity index (χ3v) is 2.96. The zero-order valence-corrected chi connectivity index (χ0v) is 9.31. The predicted octanol–water partition coefficient (Wildman–Crippen LogP) is -0.419. The molecule has 1 saturated heterocycles. The van der Waals surface area contributed by atoms with Crippen molar-refractivity contribution >= 4 is 11.5 Å². The van der Waals surface area contributed by atoms with Gasteiger partial charge in [-0.2, -0.15) is 5.10 Å². The van der Waals surface area contributed by atoms with Gasteiger partial charge < -0.3 is 10.6 Å². The molecular weight excluding hydrogens is 220 g/mol. The van der Waals surface area contributed by atoms with E-state index >= 15 is 0 Å². The maximum Gasteiger partial charge on any atom is 0.348 e. The smallest absolute Gasteiger partial charge is 0.348 e. The summed E-state index contributed by atoms with van der Waals surface area (Å²) in [5.74, 6) is 0.755. The molecule has 3 heterocycles. The molecule has 1 atom stereocenters. The number of aromatic nitrogens is 4. The summed E-state index contributed by atoms with van der Waals surface area (Å²) in [6.07, 6.45) is 3.79. The Bertz CT molecular complexity index is 567. The normalized spacial score (nSPS) is 20.6. The Morgan fingerprint density at radius 3 is 3.29 bits per heavy atom. The molecule has 17 heavy (non-hydrogen) atoms. The monoisotopic (exact) mass is 234 g/mol. The van der Waals surface area contributed by atoms with E-state index in [1.54, 1.807) is 6.07 Å². The maximum atomic E-state index is 11.3. The average Bonchev–Trinajstić information content (AvgIpc) is 2.72. The van der Waals surface area contributed by atoms with Crippen LogP contribution < -0.4 is 16.3 Å². The number of nitrogens with one attached hydrogen (secondary N) is 3. The van der Waals surface area contributed by atoms with Crippen LogP contribution in [0.5, 0.6) is 0 Å². The van der Waals surface area contributed by atoms with E-state index < -0.39 is 0 Å². The summed E-state index contributed by atoms with van der Waals surface area (Å²) in [6.45, 7) is 2.03. The standard InChI is InChI=1S/C10H14N6O/c17-10-15-14-9-4-8(12-6-16(9)10)13-7-2-1-3-11-5-7/h4,6-7,11,13H,1-3,5H2,(H,15,17). The van der Waals surface area contributed by atoms with Crippen LogP contribution in [0.2, 0.25) is 0 Å². The minimum absolute atomic E-state index is 0.265. The number of fused-ring (bicyclic) bond motifs is 1. The molecule has 2 aromatic heterocycles. The van der Waals surface area contributed by atoms with E-state index in [1.165, 1.54) is 17.1 Å². The Morgan fingerprint density at radius 2 is 2.47 bits per heavy atom. The van der Waals surface area contributed by atoms with Gasteiger partial charge in [0.2, 0.25) is 0 Å². The summed E-state index contributed by atoms with van der Waals surface area (Å²) >= 11 is 0. The maximum absolute atomic E-state index is 11.3. The number of aromatic amines is 1. The van der Waals surface area contributed by atoms with Crippen molar-refractivity contribution in [1.29, 1.82) is 0 Å².